The lowest BCUT2D eigenvalue weighted by Crippen LogP contribution is -2.15. The van der Waals surface area contributed by atoms with Crippen LogP contribution < -0.4 is 10.0 Å². The topological polar surface area (TPSA) is 86.9 Å². The van der Waals surface area contributed by atoms with Crippen LogP contribution in [-0.2, 0) is 16.6 Å². The van der Waals surface area contributed by atoms with E-state index in [0.717, 1.165) is 11.3 Å². The van der Waals surface area contributed by atoms with Crippen molar-refractivity contribution in [1.29, 1.82) is 0 Å². The molecule has 21 heavy (non-hydrogen) atoms. The van der Waals surface area contributed by atoms with Gasteiger partial charge < -0.3 is 10.3 Å². The zero-order valence-electron chi connectivity index (χ0n) is 11.8. The molecule has 0 atom stereocenters. The number of anilines is 1. The Hall–Kier alpha value is -1.86. The number of pyridine rings is 1. The Morgan fingerprint density at radius 3 is 2.95 bits per heavy atom. The van der Waals surface area contributed by atoms with Gasteiger partial charge in [0.05, 0.1) is 5.69 Å². The summed E-state index contributed by atoms with van der Waals surface area (Å²) < 4.78 is 27.3. The molecule has 1 fully saturated rings. The van der Waals surface area contributed by atoms with E-state index in [1.165, 1.54) is 19.0 Å². The first-order chi connectivity index (χ1) is 10.0. The summed E-state index contributed by atoms with van der Waals surface area (Å²) in [5, 5.41) is 3.34. The van der Waals surface area contributed by atoms with Gasteiger partial charge in [0.25, 0.3) is 10.0 Å². The molecule has 2 aromatic heterocycles. The molecule has 0 spiro atoms. The molecule has 3 rings (SSSR count). The zero-order chi connectivity index (χ0) is 14.9. The summed E-state index contributed by atoms with van der Waals surface area (Å²) in [6.07, 6.45) is 7.11. The summed E-state index contributed by atoms with van der Waals surface area (Å²) in [6.45, 7) is 2.47. The van der Waals surface area contributed by atoms with E-state index in [1.54, 1.807) is 24.5 Å². The fraction of sp³-hybridized carbons (Fsp3) is 0.357. The number of aromatic amines is 1. The van der Waals surface area contributed by atoms with Gasteiger partial charge in [-0.05, 0) is 37.5 Å². The van der Waals surface area contributed by atoms with E-state index in [1.807, 2.05) is 6.92 Å². The van der Waals surface area contributed by atoms with Crippen molar-refractivity contribution in [2.24, 2.45) is 0 Å². The molecule has 112 valence electrons. The Balaban J connectivity index is 1.73. The second kappa shape index (κ2) is 5.50. The van der Waals surface area contributed by atoms with Gasteiger partial charge in [-0.1, -0.05) is 0 Å². The minimum Gasteiger partial charge on any atom is -0.363 e. The van der Waals surface area contributed by atoms with Crippen LogP contribution in [0.2, 0.25) is 0 Å². The number of aromatic nitrogens is 2. The third-order valence-electron chi connectivity index (χ3n) is 3.45. The number of H-pyrrole nitrogens is 1. The van der Waals surface area contributed by atoms with Crippen molar-refractivity contribution >= 4 is 15.7 Å². The standard InChI is InChI=1S/C14H18N4O2S/c1-10-7-15-5-4-14(10)18-21(19,20)13-6-12(17-9-13)8-16-11-2-3-11/h4-7,9,11,16-17H,2-3,8H2,1H3,(H,15,18). The van der Waals surface area contributed by atoms with Gasteiger partial charge in [0.2, 0.25) is 0 Å². The maximum Gasteiger partial charge on any atom is 0.263 e. The molecule has 1 aliphatic rings. The lowest BCUT2D eigenvalue weighted by Gasteiger charge is -2.08. The van der Waals surface area contributed by atoms with Crippen molar-refractivity contribution < 1.29 is 8.42 Å². The van der Waals surface area contributed by atoms with Crippen LogP contribution in [0, 0.1) is 6.92 Å². The summed E-state index contributed by atoms with van der Waals surface area (Å²) in [5.74, 6) is 0. The van der Waals surface area contributed by atoms with Gasteiger partial charge in [0, 0.05) is 36.9 Å². The Morgan fingerprint density at radius 2 is 2.24 bits per heavy atom. The maximum absolute atomic E-state index is 12.3. The van der Waals surface area contributed by atoms with Crippen LogP contribution in [0.5, 0.6) is 0 Å². The maximum atomic E-state index is 12.3. The Kier molecular flexibility index (Phi) is 3.69. The quantitative estimate of drug-likeness (QED) is 0.759. The first-order valence-corrected chi connectivity index (χ1v) is 8.37. The van der Waals surface area contributed by atoms with Crippen LogP contribution in [0.3, 0.4) is 0 Å². The molecule has 3 N–H and O–H groups in total. The van der Waals surface area contributed by atoms with Gasteiger partial charge in [-0.2, -0.15) is 0 Å². The number of aryl methyl sites for hydroxylation is 1. The van der Waals surface area contributed by atoms with Crippen LogP contribution in [0.1, 0.15) is 24.1 Å². The first kappa shape index (κ1) is 14.1. The Bertz CT molecular complexity index is 735. The van der Waals surface area contributed by atoms with Crippen molar-refractivity contribution in [3.05, 3.63) is 42.0 Å². The highest BCUT2D eigenvalue weighted by molar-refractivity contribution is 7.92. The Labute approximate surface area is 124 Å². The molecule has 2 heterocycles. The van der Waals surface area contributed by atoms with E-state index >= 15 is 0 Å². The van der Waals surface area contributed by atoms with E-state index in [2.05, 4.69) is 20.0 Å². The summed E-state index contributed by atoms with van der Waals surface area (Å²) in [6, 6.07) is 3.90. The van der Waals surface area contributed by atoms with Crippen molar-refractivity contribution in [2.75, 3.05) is 4.72 Å². The lowest BCUT2D eigenvalue weighted by atomic mass is 10.3. The van der Waals surface area contributed by atoms with Crippen LogP contribution in [0.4, 0.5) is 5.69 Å². The number of hydrogen-bond acceptors (Lipinski definition) is 4. The molecule has 0 saturated heterocycles. The fourth-order valence-electron chi connectivity index (χ4n) is 2.01. The molecule has 0 radical (unpaired) electrons. The monoisotopic (exact) mass is 306 g/mol. The molecule has 1 saturated carbocycles. The predicted molar refractivity (Wildman–Crippen MR) is 80.4 cm³/mol. The first-order valence-electron chi connectivity index (χ1n) is 6.89. The van der Waals surface area contributed by atoms with Gasteiger partial charge in [0.1, 0.15) is 4.90 Å². The average molecular weight is 306 g/mol. The number of sulfonamides is 1. The van der Waals surface area contributed by atoms with E-state index in [4.69, 9.17) is 0 Å². The predicted octanol–water partition coefficient (Wildman–Crippen LogP) is 1.77. The highest BCUT2D eigenvalue weighted by Crippen LogP contribution is 2.21. The van der Waals surface area contributed by atoms with Gasteiger partial charge in [0.15, 0.2) is 0 Å². The third-order valence-corrected chi connectivity index (χ3v) is 4.79. The van der Waals surface area contributed by atoms with Gasteiger partial charge in [-0.15, -0.1) is 0 Å². The molecular weight excluding hydrogens is 288 g/mol. The van der Waals surface area contributed by atoms with Crippen LogP contribution in [-0.4, -0.2) is 24.4 Å². The number of rotatable bonds is 6. The van der Waals surface area contributed by atoms with E-state index in [9.17, 15) is 8.42 Å². The lowest BCUT2D eigenvalue weighted by molar-refractivity contribution is 0.601. The second-order valence-electron chi connectivity index (χ2n) is 5.31. The molecule has 2 aromatic rings. The number of nitrogens with one attached hydrogen (secondary N) is 3. The molecule has 1 aliphatic carbocycles. The van der Waals surface area contributed by atoms with Crippen molar-refractivity contribution in [3.8, 4) is 0 Å². The molecule has 0 unspecified atom stereocenters. The van der Waals surface area contributed by atoms with E-state index in [-0.39, 0.29) is 4.90 Å². The van der Waals surface area contributed by atoms with E-state index < -0.39 is 10.0 Å². The van der Waals surface area contributed by atoms with Crippen LogP contribution in [0.25, 0.3) is 0 Å². The largest absolute Gasteiger partial charge is 0.363 e. The second-order valence-corrected chi connectivity index (χ2v) is 6.99. The smallest absolute Gasteiger partial charge is 0.263 e. The summed E-state index contributed by atoms with van der Waals surface area (Å²) in [4.78, 5) is 7.19. The average Bonchev–Trinajstić information content (AvgIpc) is 3.15. The zero-order valence-corrected chi connectivity index (χ0v) is 12.6. The highest BCUT2D eigenvalue weighted by atomic mass is 32.2. The van der Waals surface area contributed by atoms with Gasteiger partial charge in [-0.3, -0.25) is 9.71 Å². The highest BCUT2D eigenvalue weighted by Gasteiger charge is 2.21. The van der Waals surface area contributed by atoms with Gasteiger partial charge >= 0.3 is 0 Å². The van der Waals surface area contributed by atoms with Crippen molar-refractivity contribution in [3.63, 3.8) is 0 Å². The van der Waals surface area contributed by atoms with Crippen LogP contribution in [0.15, 0.2) is 35.6 Å². The molecule has 0 aromatic carbocycles. The van der Waals surface area contributed by atoms with Crippen molar-refractivity contribution in [1.82, 2.24) is 15.3 Å². The summed E-state index contributed by atoms with van der Waals surface area (Å²) in [5.41, 5.74) is 2.20. The molecule has 6 nitrogen and oxygen atoms in total. The summed E-state index contributed by atoms with van der Waals surface area (Å²) >= 11 is 0. The minimum absolute atomic E-state index is 0.242. The third kappa shape index (κ3) is 3.43. The molecule has 0 aliphatic heterocycles. The number of nitrogens with zero attached hydrogens (tertiary/aromatic N) is 1. The minimum atomic E-state index is -3.57. The van der Waals surface area contributed by atoms with Crippen LogP contribution >= 0.6 is 0 Å². The molecular formula is C14H18N4O2S. The SMILES string of the molecule is Cc1cnccc1NS(=O)(=O)c1c[nH]c(CNC2CC2)c1. The molecule has 0 amide bonds. The Morgan fingerprint density at radius 1 is 1.43 bits per heavy atom. The van der Waals surface area contributed by atoms with Crippen molar-refractivity contribution in [2.45, 2.75) is 37.2 Å². The van der Waals surface area contributed by atoms with E-state index in [0.29, 0.717) is 18.3 Å². The van der Waals surface area contributed by atoms with Gasteiger partial charge in [-0.25, -0.2) is 8.42 Å². The number of hydrogen-bond donors (Lipinski definition) is 3. The summed E-state index contributed by atoms with van der Waals surface area (Å²) in [7, 11) is -3.57. The molecule has 7 heteroatoms. The normalized spacial score (nSPS) is 15.1. The fourth-order valence-corrected chi connectivity index (χ4v) is 3.16. The molecule has 0 bridgehead atoms.